The van der Waals surface area contributed by atoms with Crippen LogP contribution in [0.3, 0.4) is 0 Å². The molecular weight excluding hydrogens is 306 g/mol. The van der Waals surface area contributed by atoms with Crippen molar-refractivity contribution in [3.63, 3.8) is 0 Å². The van der Waals surface area contributed by atoms with Gasteiger partial charge in [0, 0.05) is 7.05 Å². The maximum Gasteiger partial charge on any atom is 0.326 e. The van der Waals surface area contributed by atoms with Crippen LogP contribution in [0.5, 0.6) is 0 Å². The van der Waals surface area contributed by atoms with E-state index in [1.807, 2.05) is 0 Å². The topological polar surface area (TPSA) is 83.3 Å². The number of esters is 2. The van der Waals surface area contributed by atoms with Gasteiger partial charge in [-0.2, -0.15) is 0 Å². The predicted octanol–water partition coefficient (Wildman–Crippen LogP) is 0.787. The fourth-order valence-corrected chi connectivity index (χ4v) is 1.97. The van der Waals surface area contributed by atoms with E-state index in [2.05, 4.69) is 26.2 Å². The minimum atomic E-state index is -1.18. The third-order valence-electron chi connectivity index (χ3n) is 2.14. The Bertz CT molecular complexity index is 409. The van der Waals surface area contributed by atoms with Gasteiger partial charge in [-0.05, 0) is 29.8 Å². The Balaban J connectivity index is 3.12. The molecule has 0 aliphatic heterocycles. The van der Waals surface area contributed by atoms with Gasteiger partial charge in [-0.3, -0.25) is 9.59 Å². The Hall–Kier alpha value is -1.44. The quantitative estimate of drug-likeness (QED) is 0.589. The van der Waals surface area contributed by atoms with Crippen molar-refractivity contribution in [1.29, 1.82) is 0 Å². The number of aromatic nitrogens is 3. The molecular formula is C10H14BrN3O4. The van der Waals surface area contributed by atoms with Crippen LogP contribution in [-0.4, -0.2) is 40.1 Å². The van der Waals surface area contributed by atoms with Crippen LogP contribution in [0.1, 0.15) is 25.5 Å². The molecule has 0 amide bonds. The number of hydrogen-bond acceptors (Lipinski definition) is 6. The number of carbonyl (C=O) groups excluding carboxylic acids is 2. The van der Waals surface area contributed by atoms with Crippen molar-refractivity contribution in [3.8, 4) is 0 Å². The van der Waals surface area contributed by atoms with Crippen molar-refractivity contribution in [2.24, 2.45) is 7.05 Å². The fraction of sp³-hybridized carbons (Fsp3) is 0.600. The number of ether oxygens (including phenoxy) is 2. The highest BCUT2D eigenvalue weighted by Crippen LogP contribution is 2.25. The van der Waals surface area contributed by atoms with E-state index in [0.29, 0.717) is 10.3 Å². The second-order valence-electron chi connectivity index (χ2n) is 3.33. The molecule has 18 heavy (non-hydrogen) atoms. The molecule has 0 spiro atoms. The van der Waals surface area contributed by atoms with Crippen LogP contribution in [0.25, 0.3) is 0 Å². The molecule has 0 saturated heterocycles. The lowest BCUT2D eigenvalue weighted by Gasteiger charge is -2.14. The lowest BCUT2D eigenvalue weighted by atomic mass is 10.1. The summed E-state index contributed by atoms with van der Waals surface area (Å²) in [7, 11) is 1.58. The van der Waals surface area contributed by atoms with Gasteiger partial charge in [0.1, 0.15) is 0 Å². The Labute approximate surface area is 113 Å². The minimum Gasteiger partial charge on any atom is -0.465 e. The Morgan fingerprint density at radius 3 is 2.11 bits per heavy atom. The zero-order chi connectivity index (χ0) is 13.7. The number of aryl methyl sites for hydroxylation is 1. The Kier molecular flexibility index (Phi) is 5.26. The number of nitrogens with zero attached hydrogens (tertiary/aromatic N) is 3. The van der Waals surface area contributed by atoms with Gasteiger partial charge < -0.3 is 9.47 Å². The van der Waals surface area contributed by atoms with Gasteiger partial charge in [0.05, 0.1) is 18.9 Å². The van der Waals surface area contributed by atoms with E-state index in [0.717, 1.165) is 0 Å². The van der Waals surface area contributed by atoms with Crippen LogP contribution >= 0.6 is 15.9 Å². The second-order valence-corrected chi connectivity index (χ2v) is 4.08. The SMILES string of the molecule is CCOC(=O)C(C(=O)OCC)c1c(Br)nnn1C. The van der Waals surface area contributed by atoms with Crippen molar-refractivity contribution in [2.45, 2.75) is 19.8 Å². The second kappa shape index (κ2) is 6.48. The van der Waals surface area contributed by atoms with Gasteiger partial charge in [0.2, 0.25) is 0 Å². The van der Waals surface area contributed by atoms with Gasteiger partial charge in [0.15, 0.2) is 10.5 Å². The van der Waals surface area contributed by atoms with Crippen LogP contribution in [0.2, 0.25) is 0 Å². The highest BCUT2D eigenvalue weighted by atomic mass is 79.9. The van der Waals surface area contributed by atoms with E-state index in [-0.39, 0.29) is 13.2 Å². The molecule has 8 heteroatoms. The molecule has 0 aliphatic rings. The Morgan fingerprint density at radius 1 is 1.28 bits per heavy atom. The zero-order valence-electron chi connectivity index (χ0n) is 10.3. The normalized spacial score (nSPS) is 10.5. The third kappa shape index (κ3) is 3.06. The molecule has 0 fully saturated rings. The standard InChI is InChI=1S/C10H14BrN3O4/c1-4-17-9(15)6(10(16)18-5-2)7-8(11)12-13-14(7)3/h6H,4-5H2,1-3H3. The molecule has 0 bridgehead atoms. The van der Waals surface area contributed by atoms with E-state index in [4.69, 9.17) is 9.47 Å². The summed E-state index contributed by atoms with van der Waals surface area (Å²) < 4.78 is 11.4. The first-order valence-electron chi connectivity index (χ1n) is 5.41. The lowest BCUT2D eigenvalue weighted by Crippen LogP contribution is -2.28. The summed E-state index contributed by atoms with van der Waals surface area (Å²) in [6.07, 6.45) is 0. The van der Waals surface area contributed by atoms with Crippen molar-refractivity contribution < 1.29 is 19.1 Å². The molecule has 0 aromatic carbocycles. The zero-order valence-corrected chi connectivity index (χ0v) is 11.9. The first-order chi connectivity index (χ1) is 8.52. The van der Waals surface area contributed by atoms with E-state index >= 15 is 0 Å². The van der Waals surface area contributed by atoms with Gasteiger partial charge in [0.25, 0.3) is 0 Å². The third-order valence-corrected chi connectivity index (χ3v) is 2.71. The van der Waals surface area contributed by atoms with E-state index < -0.39 is 17.9 Å². The minimum absolute atomic E-state index is 0.178. The Morgan fingerprint density at radius 2 is 1.78 bits per heavy atom. The molecule has 0 N–H and O–H groups in total. The van der Waals surface area contributed by atoms with Crippen LogP contribution in [0.15, 0.2) is 4.60 Å². The van der Waals surface area contributed by atoms with Crippen molar-refractivity contribution in [2.75, 3.05) is 13.2 Å². The number of rotatable bonds is 5. The fourth-order valence-electron chi connectivity index (χ4n) is 1.42. The largest absolute Gasteiger partial charge is 0.465 e. The molecule has 1 rings (SSSR count). The summed E-state index contributed by atoms with van der Waals surface area (Å²) in [4.78, 5) is 23.7. The number of carbonyl (C=O) groups is 2. The smallest absolute Gasteiger partial charge is 0.326 e. The first kappa shape index (κ1) is 14.6. The van der Waals surface area contributed by atoms with Gasteiger partial charge in [-0.15, -0.1) is 5.10 Å². The van der Waals surface area contributed by atoms with Crippen molar-refractivity contribution in [3.05, 3.63) is 10.3 Å². The average Bonchev–Trinajstić information content (AvgIpc) is 2.62. The molecule has 7 nitrogen and oxygen atoms in total. The van der Waals surface area contributed by atoms with Crippen LogP contribution in [-0.2, 0) is 26.1 Å². The molecule has 0 saturated carbocycles. The highest BCUT2D eigenvalue weighted by molar-refractivity contribution is 9.10. The van der Waals surface area contributed by atoms with Crippen LogP contribution in [0, 0.1) is 0 Å². The highest BCUT2D eigenvalue weighted by Gasteiger charge is 2.36. The van der Waals surface area contributed by atoms with Crippen LogP contribution < -0.4 is 0 Å². The predicted molar refractivity (Wildman–Crippen MR) is 64.7 cm³/mol. The van der Waals surface area contributed by atoms with Crippen molar-refractivity contribution in [1.82, 2.24) is 15.0 Å². The first-order valence-corrected chi connectivity index (χ1v) is 6.20. The monoisotopic (exact) mass is 319 g/mol. The number of halogens is 1. The summed E-state index contributed by atoms with van der Waals surface area (Å²) in [6.45, 7) is 3.68. The number of hydrogen-bond donors (Lipinski definition) is 0. The van der Waals surface area contributed by atoms with E-state index in [1.54, 1.807) is 20.9 Å². The molecule has 0 radical (unpaired) electrons. The molecule has 1 aromatic heterocycles. The lowest BCUT2D eigenvalue weighted by molar-refractivity contribution is -0.157. The molecule has 100 valence electrons. The van der Waals surface area contributed by atoms with Gasteiger partial charge in [-0.25, -0.2) is 4.68 Å². The molecule has 1 heterocycles. The van der Waals surface area contributed by atoms with E-state index in [9.17, 15) is 9.59 Å². The van der Waals surface area contributed by atoms with Gasteiger partial charge >= 0.3 is 11.9 Å². The van der Waals surface area contributed by atoms with E-state index in [1.165, 1.54) is 4.68 Å². The van der Waals surface area contributed by atoms with Crippen LogP contribution in [0.4, 0.5) is 0 Å². The summed E-state index contributed by atoms with van der Waals surface area (Å²) in [5.41, 5.74) is 0.312. The summed E-state index contributed by atoms with van der Waals surface area (Å²) in [5, 5.41) is 7.46. The molecule has 0 atom stereocenters. The summed E-state index contributed by atoms with van der Waals surface area (Å²) in [5.74, 6) is -2.54. The molecule has 0 unspecified atom stereocenters. The van der Waals surface area contributed by atoms with Crippen molar-refractivity contribution >= 4 is 27.9 Å². The average molecular weight is 320 g/mol. The molecule has 1 aromatic rings. The van der Waals surface area contributed by atoms with Gasteiger partial charge in [-0.1, -0.05) is 5.21 Å². The summed E-state index contributed by atoms with van der Waals surface area (Å²) >= 11 is 3.15. The maximum atomic E-state index is 11.8. The maximum absolute atomic E-state index is 11.8. The molecule has 0 aliphatic carbocycles. The summed E-state index contributed by atoms with van der Waals surface area (Å²) in [6, 6.07) is 0.